The van der Waals surface area contributed by atoms with Gasteiger partial charge in [-0.3, -0.25) is 4.79 Å². The van der Waals surface area contributed by atoms with Crippen molar-refractivity contribution in [1.82, 2.24) is 5.32 Å². The molecule has 0 radical (unpaired) electrons. The molecule has 62 valence electrons. The average molecular weight is 174 g/mol. The second-order valence-electron chi connectivity index (χ2n) is 2.61. The molecule has 0 atom stereocenters. The molecule has 0 fully saturated rings. The number of halogens is 1. The van der Waals surface area contributed by atoms with Gasteiger partial charge in [-0.2, -0.15) is 0 Å². The number of alkyl halides is 1. The van der Waals surface area contributed by atoms with Gasteiger partial charge in [0.15, 0.2) is 5.78 Å². The number of allylic oxidation sites excluding steroid dienone is 2. The smallest absolute Gasteiger partial charge is 0.157 e. The molecule has 0 heterocycles. The van der Waals surface area contributed by atoms with Crippen LogP contribution in [0.2, 0.25) is 0 Å². The van der Waals surface area contributed by atoms with E-state index in [-0.39, 0.29) is 5.78 Å². The number of rotatable bonds is 3. The molecule has 0 amide bonds. The lowest BCUT2D eigenvalue weighted by Gasteiger charge is -2.12. The molecule has 0 saturated heterocycles. The zero-order valence-electron chi connectivity index (χ0n) is 6.40. The number of carbonyl (C=O) groups is 1. The van der Waals surface area contributed by atoms with E-state index in [1.54, 1.807) is 6.08 Å². The molecule has 0 aromatic rings. The van der Waals surface area contributed by atoms with Crippen LogP contribution in [-0.2, 0) is 4.79 Å². The Morgan fingerprint density at radius 2 is 2.36 bits per heavy atom. The minimum atomic E-state index is 0.230. The van der Waals surface area contributed by atoms with Crippen molar-refractivity contribution >= 4 is 17.4 Å². The number of hydrogen-bond donors (Lipinski definition) is 1. The van der Waals surface area contributed by atoms with E-state index in [2.05, 4.69) is 5.32 Å². The van der Waals surface area contributed by atoms with Crippen molar-refractivity contribution in [3.63, 3.8) is 0 Å². The summed E-state index contributed by atoms with van der Waals surface area (Å²) < 4.78 is 0. The minimum absolute atomic E-state index is 0.230. The zero-order valence-corrected chi connectivity index (χ0v) is 7.16. The highest BCUT2D eigenvalue weighted by Gasteiger charge is 2.08. The predicted octanol–water partition coefficient (Wildman–Crippen LogP) is 1.45. The third-order valence-electron chi connectivity index (χ3n) is 1.65. The van der Waals surface area contributed by atoms with Gasteiger partial charge in [0.2, 0.25) is 0 Å². The van der Waals surface area contributed by atoms with Crippen LogP contribution >= 0.6 is 11.6 Å². The lowest BCUT2D eigenvalue weighted by atomic mass is 10.0. The molecule has 3 heteroatoms. The van der Waals surface area contributed by atoms with Gasteiger partial charge in [0.25, 0.3) is 0 Å². The fraction of sp³-hybridized carbons (Fsp3) is 0.625. The van der Waals surface area contributed by atoms with E-state index in [1.165, 1.54) is 0 Å². The average Bonchev–Trinajstić information content (AvgIpc) is 2.01. The molecule has 1 rings (SSSR count). The van der Waals surface area contributed by atoms with Gasteiger partial charge in [0, 0.05) is 30.6 Å². The summed E-state index contributed by atoms with van der Waals surface area (Å²) >= 11 is 5.48. The first kappa shape index (κ1) is 8.60. The Hall–Kier alpha value is -0.500. The Kier molecular flexibility index (Phi) is 3.43. The quantitative estimate of drug-likeness (QED) is 0.655. The van der Waals surface area contributed by atoms with Crippen LogP contribution in [-0.4, -0.2) is 18.2 Å². The van der Waals surface area contributed by atoms with Crippen LogP contribution in [0.4, 0.5) is 0 Å². The maximum absolute atomic E-state index is 10.9. The van der Waals surface area contributed by atoms with Gasteiger partial charge >= 0.3 is 0 Å². The van der Waals surface area contributed by atoms with Crippen LogP contribution < -0.4 is 5.32 Å². The predicted molar refractivity (Wildman–Crippen MR) is 45.7 cm³/mol. The van der Waals surface area contributed by atoms with Crippen LogP contribution in [0.25, 0.3) is 0 Å². The Morgan fingerprint density at radius 1 is 1.55 bits per heavy atom. The van der Waals surface area contributed by atoms with Gasteiger partial charge in [-0.15, -0.1) is 11.6 Å². The van der Waals surface area contributed by atoms with E-state index in [0.717, 1.165) is 25.1 Å². The fourth-order valence-electron chi connectivity index (χ4n) is 1.14. The van der Waals surface area contributed by atoms with Crippen LogP contribution in [0.5, 0.6) is 0 Å². The maximum atomic E-state index is 10.9. The number of ketones is 1. The Morgan fingerprint density at radius 3 is 3.00 bits per heavy atom. The summed E-state index contributed by atoms with van der Waals surface area (Å²) in [5, 5.41) is 3.11. The largest absolute Gasteiger partial charge is 0.387 e. The first-order valence-electron chi connectivity index (χ1n) is 3.86. The SMILES string of the molecule is O=C1C=C(NCCCl)CCC1. The molecule has 0 bridgehead atoms. The van der Waals surface area contributed by atoms with Gasteiger partial charge in [-0.05, 0) is 12.8 Å². The van der Waals surface area contributed by atoms with Crippen LogP contribution in [0.15, 0.2) is 11.8 Å². The summed E-state index contributed by atoms with van der Waals surface area (Å²) in [6, 6.07) is 0. The lowest BCUT2D eigenvalue weighted by molar-refractivity contribution is -0.115. The minimum Gasteiger partial charge on any atom is -0.387 e. The molecule has 1 N–H and O–H groups in total. The topological polar surface area (TPSA) is 29.1 Å². The molecule has 2 nitrogen and oxygen atoms in total. The van der Waals surface area contributed by atoms with Crippen molar-refractivity contribution in [1.29, 1.82) is 0 Å². The molecule has 0 spiro atoms. The molecule has 0 aromatic heterocycles. The molecular formula is C8H12ClNO. The molecule has 11 heavy (non-hydrogen) atoms. The second-order valence-corrected chi connectivity index (χ2v) is 2.98. The Balaban J connectivity index is 2.37. The molecule has 0 aliphatic heterocycles. The standard InChI is InChI=1S/C8H12ClNO/c9-4-5-10-7-2-1-3-8(11)6-7/h6,10H,1-5H2. The first-order valence-corrected chi connectivity index (χ1v) is 4.39. The highest BCUT2D eigenvalue weighted by molar-refractivity contribution is 6.18. The number of carbonyl (C=O) groups excluding carboxylic acids is 1. The molecule has 0 unspecified atom stereocenters. The normalized spacial score (nSPS) is 17.9. The van der Waals surface area contributed by atoms with Crippen LogP contribution in [0.3, 0.4) is 0 Å². The number of hydrogen-bond acceptors (Lipinski definition) is 2. The van der Waals surface area contributed by atoms with E-state index >= 15 is 0 Å². The van der Waals surface area contributed by atoms with E-state index in [4.69, 9.17) is 11.6 Å². The van der Waals surface area contributed by atoms with Crippen molar-refractivity contribution in [3.8, 4) is 0 Å². The third kappa shape index (κ3) is 2.93. The number of nitrogens with one attached hydrogen (secondary N) is 1. The first-order chi connectivity index (χ1) is 5.33. The van der Waals surface area contributed by atoms with Gasteiger partial charge in [0.1, 0.15) is 0 Å². The summed E-state index contributed by atoms with van der Waals surface area (Å²) in [7, 11) is 0. The summed E-state index contributed by atoms with van der Waals surface area (Å²) in [6.45, 7) is 0.751. The van der Waals surface area contributed by atoms with Gasteiger partial charge in [-0.1, -0.05) is 0 Å². The van der Waals surface area contributed by atoms with Crippen LogP contribution in [0.1, 0.15) is 19.3 Å². The van der Waals surface area contributed by atoms with Crippen molar-refractivity contribution in [2.45, 2.75) is 19.3 Å². The van der Waals surface area contributed by atoms with Gasteiger partial charge in [0.05, 0.1) is 0 Å². The Bertz CT molecular complexity index is 177. The summed E-state index contributed by atoms with van der Waals surface area (Å²) in [5.41, 5.74) is 1.04. The zero-order chi connectivity index (χ0) is 8.10. The van der Waals surface area contributed by atoms with E-state index in [1.807, 2.05) is 0 Å². The van der Waals surface area contributed by atoms with Gasteiger partial charge < -0.3 is 5.32 Å². The van der Waals surface area contributed by atoms with Crippen molar-refractivity contribution in [2.24, 2.45) is 0 Å². The van der Waals surface area contributed by atoms with Gasteiger partial charge in [-0.25, -0.2) is 0 Å². The lowest BCUT2D eigenvalue weighted by Crippen LogP contribution is -2.19. The summed E-state index contributed by atoms with van der Waals surface area (Å²) in [4.78, 5) is 10.9. The van der Waals surface area contributed by atoms with Crippen LogP contribution in [0, 0.1) is 0 Å². The van der Waals surface area contributed by atoms with Crippen molar-refractivity contribution < 1.29 is 4.79 Å². The third-order valence-corrected chi connectivity index (χ3v) is 1.84. The molecular weight excluding hydrogens is 162 g/mol. The molecule has 1 aliphatic rings. The molecule has 0 aromatic carbocycles. The van der Waals surface area contributed by atoms with Crippen molar-refractivity contribution in [2.75, 3.05) is 12.4 Å². The van der Waals surface area contributed by atoms with E-state index in [9.17, 15) is 4.79 Å². The Labute approximate surface area is 71.6 Å². The van der Waals surface area contributed by atoms with E-state index < -0.39 is 0 Å². The summed E-state index contributed by atoms with van der Waals surface area (Å²) in [6.07, 6.45) is 4.35. The monoisotopic (exact) mass is 173 g/mol. The fourth-order valence-corrected chi connectivity index (χ4v) is 1.23. The van der Waals surface area contributed by atoms with Crippen molar-refractivity contribution in [3.05, 3.63) is 11.8 Å². The molecule has 1 aliphatic carbocycles. The molecule has 0 saturated carbocycles. The second kappa shape index (κ2) is 4.39. The van der Waals surface area contributed by atoms with E-state index in [0.29, 0.717) is 12.3 Å². The highest BCUT2D eigenvalue weighted by Crippen LogP contribution is 2.11. The summed E-state index contributed by atoms with van der Waals surface area (Å²) in [5.74, 6) is 0.819. The highest BCUT2D eigenvalue weighted by atomic mass is 35.5. The maximum Gasteiger partial charge on any atom is 0.157 e.